The first-order valence-electron chi connectivity index (χ1n) is 4.98. The van der Waals surface area contributed by atoms with Crippen molar-refractivity contribution in [3.8, 4) is 0 Å². The lowest BCUT2D eigenvalue weighted by Gasteiger charge is -2.24. The average Bonchev–Trinajstić information content (AvgIpc) is 2.64. The third-order valence-corrected chi connectivity index (χ3v) is 4.26. The van der Waals surface area contributed by atoms with Crippen molar-refractivity contribution in [1.29, 1.82) is 0 Å². The molecule has 1 unspecified atom stereocenters. The number of carboxylic acid groups (broad SMARTS) is 1. The molecule has 0 saturated carbocycles. The molecule has 2 N–H and O–H groups in total. The Morgan fingerprint density at radius 2 is 2.24 bits per heavy atom. The van der Waals surface area contributed by atoms with E-state index in [1.54, 1.807) is 6.92 Å². The maximum absolute atomic E-state index is 12.0. The van der Waals surface area contributed by atoms with Gasteiger partial charge in [0.25, 0.3) is 10.0 Å². The molecule has 0 aliphatic heterocycles. The molecule has 1 aromatic rings. The van der Waals surface area contributed by atoms with Crippen LogP contribution in [0.2, 0.25) is 0 Å². The van der Waals surface area contributed by atoms with Gasteiger partial charge in [0.1, 0.15) is 5.54 Å². The van der Waals surface area contributed by atoms with Crippen molar-refractivity contribution in [3.63, 3.8) is 0 Å². The van der Waals surface area contributed by atoms with Gasteiger partial charge in [0.15, 0.2) is 5.03 Å². The molecule has 0 aliphatic rings. The molecular weight excluding hydrogens is 246 g/mol. The SMILES string of the molecule is CCC(C)(NS(=O)(=O)c1ccnn1C)C(=O)O. The summed E-state index contributed by atoms with van der Waals surface area (Å²) in [5.74, 6) is -1.22. The Morgan fingerprint density at radius 3 is 2.59 bits per heavy atom. The van der Waals surface area contributed by atoms with Crippen LogP contribution < -0.4 is 4.72 Å². The van der Waals surface area contributed by atoms with E-state index in [1.165, 1.54) is 30.9 Å². The van der Waals surface area contributed by atoms with Crippen molar-refractivity contribution < 1.29 is 18.3 Å². The number of hydrogen-bond acceptors (Lipinski definition) is 4. The summed E-state index contributed by atoms with van der Waals surface area (Å²) in [6.45, 7) is 2.92. The summed E-state index contributed by atoms with van der Waals surface area (Å²) < 4.78 is 27.3. The van der Waals surface area contributed by atoms with Gasteiger partial charge in [0.2, 0.25) is 0 Å². The number of aliphatic carboxylic acids is 1. The molecule has 1 heterocycles. The minimum atomic E-state index is -3.89. The van der Waals surface area contributed by atoms with E-state index in [2.05, 4.69) is 9.82 Å². The number of carbonyl (C=O) groups is 1. The number of aryl methyl sites for hydroxylation is 1. The van der Waals surface area contributed by atoms with Crippen molar-refractivity contribution in [2.75, 3.05) is 0 Å². The van der Waals surface area contributed by atoms with Gasteiger partial charge in [-0.25, -0.2) is 8.42 Å². The second-order valence-electron chi connectivity index (χ2n) is 3.89. The Bertz CT molecular complexity index is 522. The minimum absolute atomic E-state index is 0.0709. The molecule has 0 saturated heterocycles. The molecular formula is C9H15N3O4S. The molecule has 1 aromatic heterocycles. The van der Waals surface area contributed by atoms with Crippen LogP contribution in [0, 0.1) is 0 Å². The fourth-order valence-electron chi connectivity index (χ4n) is 1.24. The van der Waals surface area contributed by atoms with Gasteiger partial charge in [-0.05, 0) is 19.4 Å². The number of aromatic nitrogens is 2. The second kappa shape index (κ2) is 4.46. The molecule has 1 atom stereocenters. The Kier molecular flexibility index (Phi) is 3.58. The highest BCUT2D eigenvalue weighted by atomic mass is 32.2. The first kappa shape index (κ1) is 13.7. The van der Waals surface area contributed by atoms with Gasteiger partial charge in [0, 0.05) is 7.05 Å². The standard InChI is InChI=1S/C9H15N3O4S/c1-4-9(2,8(13)14)11-17(15,16)7-5-6-10-12(7)3/h5-6,11H,4H2,1-3H3,(H,13,14). The van der Waals surface area contributed by atoms with Crippen molar-refractivity contribution in [2.24, 2.45) is 7.05 Å². The molecule has 96 valence electrons. The van der Waals surface area contributed by atoms with Gasteiger partial charge in [-0.2, -0.15) is 9.82 Å². The van der Waals surface area contributed by atoms with E-state index in [-0.39, 0.29) is 11.4 Å². The molecule has 17 heavy (non-hydrogen) atoms. The third kappa shape index (κ3) is 2.64. The van der Waals surface area contributed by atoms with E-state index >= 15 is 0 Å². The third-order valence-electron chi connectivity index (χ3n) is 2.59. The normalized spacial score (nSPS) is 15.5. The number of carboxylic acids is 1. The van der Waals surface area contributed by atoms with Crippen molar-refractivity contribution in [2.45, 2.75) is 30.8 Å². The smallest absolute Gasteiger partial charge is 0.324 e. The predicted molar refractivity (Wildman–Crippen MR) is 59.9 cm³/mol. The maximum atomic E-state index is 12.0. The van der Waals surface area contributed by atoms with Crippen molar-refractivity contribution in [1.82, 2.24) is 14.5 Å². The number of nitrogens with zero attached hydrogens (tertiary/aromatic N) is 2. The van der Waals surface area contributed by atoms with Crippen LogP contribution in [0.1, 0.15) is 20.3 Å². The Hall–Kier alpha value is -1.41. The largest absolute Gasteiger partial charge is 0.480 e. The fourth-order valence-corrected chi connectivity index (χ4v) is 2.81. The highest BCUT2D eigenvalue weighted by Gasteiger charge is 2.37. The fraction of sp³-hybridized carbons (Fsp3) is 0.556. The quantitative estimate of drug-likeness (QED) is 0.774. The molecule has 0 fully saturated rings. The first-order chi connectivity index (χ1) is 7.73. The summed E-state index contributed by atoms with van der Waals surface area (Å²) >= 11 is 0. The molecule has 7 nitrogen and oxygen atoms in total. The summed E-state index contributed by atoms with van der Waals surface area (Å²) in [6, 6.07) is 1.31. The molecule has 0 radical (unpaired) electrons. The molecule has 0 bridgehead atoms. The van der Waals surface area contributed by atoms with Crippen LogP contribution >= 0.6 is 0 Å². The van der Waals surface area contributed by atoms with Crippen molar-refractivity contribution in [3.05, 3.63) is 12.3 Å². The molecule has 0 spiro atoms. The molecule has 0 aliphatic carbocycles. The van der Waals surface area contributed by atoms with Gasteiger partial charge in [-0.3, -0.25) is 9.48 Å². The average molecular weight is 261 g/mol. The number of nitrogens with one attached hydrogen (secondary N) is 1. The molecule has 8 heteroatoms. The van der Waals surface area contributed by atoms with Crippen LogP contribution in [0.5, 0.6) is 0 Å². The van der Waals surface area contributed by atoms with E-state index in [4.69, 9.17) is 5.11 Å². The van der Waals surface area contributed by atoms with Crippen LogP contribution in [-0.4, -0.2) is 34.8 Å². The van der Waals surface area contributed by atoms with Crippen LogP contribution in [0.3, 0.4) is 0 Å². The Balaban J connectivity index is 3.11. The highest BCUT2D eigenvalue weighted by Crippen LogP contribution is 2.15. The zero-order valence-electron chi connectivity index (χ0n) is 9.84. The first-order valence-corrected chi connectivity index (χ1v) is 6.46. The lowest BCUT2D eigenvalue weighted by atomic mass is 10.0. The van der Waals surface area contributed by atoms with Crippen LogP contribution in [0.15, 0.2) is 17.3 Å². The summed E-state index contributed by atoms with van der Waals surface area (Å²) in [4.78, 5) is 11.0. The highest BCUT2D eigenvalue weighted by molar-refractivity contribution is 7.89. The number of rotatable bonds is 5. The molecule has 0 aromatic carbocycles. The molecule has 1 rings (SSSR count). The number of sulfonamides is 1. The maximum Gasteiger partial charge on any atom is 0.324 e. The summed E-state index contributed by atoms with van der Waals surface area (Å²) in [6.07, 6.45) is 1.47. The van der Waals surface area contributed by atoms with Crippen LogP contribution in [0.25, 0.3) is 0 Å². The topological polar surface area (TPSA) is 101 Å². The van der Waals surface area contributed by atoms with Gasteiger partial charge in [-0.1, -0.05) is 6.92 Å². The summed E-state index contributed by atoms with van der Waals surface area (Å²) in [5, 5.41) is 12.7. The Labute approximate surface area is 99.5 Å². The Morgan fingerprint density at radius 1 is 1.65 bits per heavy atom. The summed E-state index contributed by atoms with van der Waals surface area (Å²) in [7, 11) is -2.42. The monoisotopic (exact) mass is 261 g/mol. The zero-order valence-corrected chi connectivity index (χ0v) is 10.7. The second-order valence-corrected chi connectivity index (χ2v) is 5.52. The van der Waals surface area contributed by atoms with E-state index in [0.717, 1.165) is 0 Å². The van der Waals surface area contributed by atoms with Crippen LogP contribution in [0.4, 0.5) is 0 Å². The lowest BCUT2D eigenvalue weighted by Crippen LogP contribution is -2.51. The van der Waals surface area contributed by atoms with Crippen molar-refractivity contribution >= 4 is 16.0 Å². The van der Waals surface area contributed by atoms with E-state index in [0.29, 0.717) is 0 Å². The van der Waals surface area contributed by atoms with E-state index < -0.39 is 21.5 Å². The van der Waals surface area contributed by atoms with Crippen LogP contribution in [-0.2, 0) is 21.9 Å². The predicted octanol–water partition coefficient (Wildman–Crippen LogP) is -0.0483. The van der Waals surface area contributed by atoms with Gasteiger partial charge >= 0.3 is 5.97 Å². The zero-order chi connectivity index (χ0) is 13.3. The minimum Gasteiger partial charge on any atom is -0.480 e. The van der Waals surface area contributed by atoms with Gasteiger partial charge in [0.05, 0.1) is 6.20 Å². The molecule has 0 amide bonds. The number of hydrogen-bond donors (Lipinski definition) is 2. The van der Waals surface area contributed by atoms with E-state index in [9.17, 15) is 13.2 Å². The van der Waals surface area contributed by atoms with Gasteiger partial charge < -0.3 is 5.11 Å². The summed E-state index contributed by atoms with van der Waals surface area (Å²) in [5.41, 5.74) is -1.52. The van der Waals surface area contributed by atoms with Gasteiger partial charge in [-0.15, -0.1) is 0 Å². The lowest BCUT2D eigenvalue weighted by molar-refractivity contribution is -0.143. The van der Waals surface area contributed by atoms with E-state index in [1.807, 2.05) is 0 Å².